The van der Waals surface area contributed by atoms with Gasteiger partial charge in [-0.05, 0) is 19.1 Å². The van der Waals surface area contributed by atoms with Crippen LogP contribution in [0, 0.1) is 12.9 Å². The van der Waals surface area contributed by atoms with Gasteiger partial charge in [-0.2, -0.15) is 4.39 Å². The van der Waals surface area contributed by atoms with Gasteiger partial charge in [0.1, 0.15) is 11.6 Å². The fourth-order valence-electron chi connectivity index (χ4n) is 1.09. The Morgan fingerprint density at radius 1 is 1.53 bits per heavy atom. The van der Waals surface area contributed by atoms with Crippen LogP contribution >= 0.6 is 11.3 Å². The zero-order valence-electron chi connectivity index (χ0n) is 8.11. The molecule has 15 heavy (non-hydrogen) atoms. The SMILES string of the molecule is Cc1csc(COc2cccnc2F)n1. The van der Waals surface area contributed by atoms with E-state index in [0.717, 1.165) is 10.7 Å². The van der Waals surface area contributed by atoms with Crippen molar-refractivity contribution in [1.82, 2.24) is 9.97 Å². The third-order valence-electron chi connectivity index (χ3n) is 1.74. The van der Waals surface area contributed by atoms with Crippen LogP contribution in [0.4, 0.5) is 4.39 Å². The molecule has 2 aromatic rings. The van der Waals surface area contributed by atoms with Gasteiger partial charge in [-0.3, -0.25) is 0 Å². The van der Waals surface area contributed by atoms with E-state index in [-0.39, 0.29) is 12.4 Å². The smallest absolute Gasteiger partial charge is 0.255 e. The van der Waals surface area contributed by atoms with Crippen LogP contribution in [0.5, 0.6) is 5.75 Å². The molecule has 2 heterocycles. The number of thiazole rings is 1. The molecule has 2 rings (SSSR count). The predicted molar refractivity (Wildman–Crippen MR) is 55.4 cm³/mol. The number of ether oxygens (including phenoxy) is 1. The van der Waals surface area contributed by atoms with E-state index in [0.29, 0.717) is 0 Å². The molecule has 0 atom stereocenters. The minimum atomic E-state index is -0.592. The highest BCUT2D eigenvalue weighted by Crippen LogP contribution is 2.16. The molecule has 5 heteroatoms. The Labute approximate surface area is 90.6 Å². The van der Waals surface area contributed by atoms with Gasteiger partial charge in [0.15, 0.2) is 5.75 Å². The number of rotatable bonds is 3. The highest BCUT2D eigenvalue weighted by molar-refractivity contribution is 7.09. The van der Waals surface area contributed by atoms with Gasteiger partial charge in [0.25, 0.3) is 5.95 Å². The first-order valence-corrected chi connectivity index (χ1v) is 5.28. The summed E-state index contributed by atoms with van der Waals surface area (Å²) in [4.78, 5) is 7.69. The number of hydrogen-bond donors (Lipinski definition) is 0. The van der Waals surface area contributed by atoms with Crippen molar-refractivity contribution >= 4 is 11.3 Å². The Hall–Kier alpha value is -1.49. The Morgan fingerprint density at radius 3 is 3.07 bits per heavy atom. The maximum absolute atomic E-state index is 13.0. The van der Waals surface area contributed by atoms with Gasteiger partial charge in [-0.25, -0.2) is 9.97 Å². The molecule has 0 saturated carbocycles. The average Bonchev–Trinajstić information content (AvgIpc) is 2.63. The quantitative estimate of drug-likeness (QED) is 0.751. The number of halogens is 1. The van der Waals surface area contributed by atoms with Gasteiger partial charge in [-0.15, -0.1) is 11.3 Å². The first-order chi connectivity index (χ1) is 7.25. The number of nitrogens with zero attached hydrogens (tertiary/aromatic N) is 2. The summed E-state index contributed by atoms with van der Waals surface area (Å²) in [5.74, 6) is -0.434. The first kappa shape index (κ1) is 10.0. The summed E-state index contributed by atoms with van der Waals surface area (Å²) < 4.78 is 18.3. The first-order valence-electron chi connectivity index (χ1n) is 4.40. The predicted octanol–water partition coefficient (Wildman–Crippen LogP) is 2.56. The average molecular weight is 224 g/mol. The van der Waals surface area contributed by atoms with Crippen molar-refractivity contribution < 1.29 is 9.13 Å². The van der Waals surface area contributed by atoms with Crippen LogP contribution < -0.4 is 4.74 Å². The number of pyridine rings is 1. The topological polar surface area (TPSA) is 35.0 Å². The summed E-state index contributed by atoms with van der Waals surface area (Å²) >= 11 is 1.50. The highest BCUT2D eigenvalue weighted by atomic mass is 32.1. The van der Waals surface area contributed by atoms with Crippen molar-refractivity contribution in [3.05, 3.63) is 40.4 Å². The third-order valence-corrected chi connectivity index (χ3v) is 2.68. The molecule has 0 fully saturated rings. The van der Waals surface area contributed by atoms with E-state index in [9.17, 15) is 4.39 Å². The molecule has 3 nitrogen and oxygen atoms in total. The van der Waals surface area contributed by atoms with Gasteiger partial charge in [0, 0.05) is 17.3 Å². The summed E-state index contributed by atoms with van der Waals surface area (Å²) in [6, 6.07) is 3.17. The van der Waals surface area contributed by atoms with E-state index < -0.39 is 5.95 Å². The molecular weight excluding hydrogens is 215 g/mol. The molecule has 0 saturated heterocycles. The Kier molecular flexibility index (Phi) is 2.91. The third kappa shape index (κ3) is 2.50. The van der Waals surface area contributed by atoms with Crippen molar-refractivity contribution in [2.45, 2.75) is 13.5 Å². The van der Waals surface area contributed by atoms with Crippen LogP contribution in [0.1, 0.15) is 10.7 Å². The second-order valence-corrected chi connectivity index (χ2v) is 3.91. The van der Waals surface area contributed by atoms with E-state index in [2.05, 4.69) is 9.97 Å². The largest absolute Gasteiger partial charge is 0.482 e. The summed E-state index contributed by atoms with van der Waals surface area (Å²) in [7, 11) is 0. The van der Waals surface area contributed by atoms with E-state index >= 15 is 0 Å². The maximum Gasteiger partial charge on any atom is 0.255 e. The van der Waals surface area contributed by atoms with E-state index in [1.807, 2.05) is 12.3 Å². The second-order valence-electron chi connectivity index (χ2n) is 2.96. The summed E-state index contributed by atoms with van der Waals surface area (Å²) in [6.45, 7) is 2.19. The molecule has 0 aliphatic heterocycles. The lowest BCUT2D eigenvalue weighted by Crippen LogP contribution is -1.98. The highest BCUT2D eigenvalue weighted by Gasteiger charge is 2.04. The summed E-state index contributed by atoms with van der Waals surface area (Å²) in [6.07, 6.45) is 1.38. The van der Waals surface area contributed by atoms with Gasteiger partial charge < -0.3 is 4.74 Å². The van der Waals surface area contributed by atoms with E-state index in [1.165, 1.54) is 17.5 Å². The molecule has 0 aliphatic carbocycles. The number of hydrogen-bond acceptors (Lipinski definition) is 4. The molecule has 2 aromatic heterocycles. The molecule has 0 aromatic carbocycles. The van der Waals surface area contributed by atoms with Crippen molar-refractivity contribution in [3.63, 3.8) is 0 Å². The van der Waals surface area contributed by atoms with Crippen molar-refractivity contribution in [2.24, 2.45) is 0 Å². The lowest BCUT2D eigenvalue weighted by atomic mass is 10.4. The summed E-state index contributed by atoms with van der Waals surface area (Å²) in [5, 5.41) is 2.76. The van der Waals surface area contributed by atoms with Crippen LogP contribution in [-0.2, 0) is 6.61 Å². The molecule has 0 unspecified atom stereocenters. The minimum absolute atomic E-state index is 0.158. The van der Waals surface area contributed by atoms with Crippen molar-refractivity contribution in [1.29, 1.82) is 0 Å². The lowest BCUT2D eigenvalue weighted by molar-refractivity contribution is 0.285. The molecular formula is C10H9FN2OS. The molecule has 0 bridgehead atoms. The van der Waals surface area contributed by atoms with E-state index in [1.54, 1.807) is 12.1 Å². The normalized spacial score (nSPS) is 10.3. The zero-order valence-corrected chi connectivity index (χ0v) is 8.92. The van der Waals surface area contributed by atoms with Gasteiger partial charge in [0.2, 0.25) is 0 Å². The monoisotopic (exact) mass is 224 g/mol. The fourth-order valence-corrected chi connectivity index (χ4v) is 1.77. The molecule has 0 aliphatic rings. The summed E-state index contributed by atoms with van der Waals surface area (Å²) in [5.41, 5.74) is 0.949. The van der Waals surface area contributed by atoms with Gasteiger partial charge in [-0.1, -0.05) is 0 Å². The Morgan fingerprint density at radius 2 is 2.40 bits per heavy atom. The zero-order chi connectivity index (χ0) is 10.7. The standard InChI is InChI=1S/C10H9FN2OS/c1-7-6-15-9(13-7)5-14-8-3-2-4-12-10(8)11/h2-4,6H,5H2,1H3. The molecule has 0 N–H and O–H groups in total. The fraction of sp³-hybridized carbons (Fsp3) is 0.200. The van der Waals surface area contributed by atoms with Crippen LogP contribution in [0.2, 0.25) is 0 Å². The van der Waals surface area contributed by atoms with E-state index in [4.69, 9.17) is 4.74 Å². The molecule has 78 valence electrons. The van der Waals surface area contributed by atoms with Crippen molar-refractivity contribution in [2.75, 3.05) is 0 Å². The second kappa shape index (κ2) is 4.35. The lowest BCUT2D eigenvalue weighted by Gasteiger charge is -2.03. The van der Waals surface area contributed by atoms with Crippen LogP contribution in [-0.4, -0.2) is 9.97 Å². The van der Waals surface area contributed by atoms with Crippen LogP contribution in [0.25, 0.3) is 0 Å². The molecule has 0 spiro atoms. The molecule has 0 amide bonds. The minimum Gasteiger partial charge on any atom is -0.482 e. The maximum atomic E-state index is 13.0. The Balaban J connectivity index is 2.02. The van der Waals surface area contributed by atoms with Gasteiger partial charge in [0.05, 0.1) is 0 Å². The van der Waals surface area contributed by atoms with Crippen molar-refractivity contribution in [3.8, 4) is 5.75 Å². The number of aryl methyl sites for hydroxylation is 1. The number of aromatic nitrogens is 2. The van der Waals surface area contributed by atoms with Crippen LogP contribution in [0.3, 0.4) is 0 Å². The van der Waals surface area contributed by atoms with Crippen LogP contribution in [0.15, 0.2) is 23.7 Å². The van der Waals surface area contributed by atoms with Gasteiger partial charge >= 0.3 is 0 Å². The Bertz CT molecular complexity index is 458. The molecule has 0 radical (unpaired) electrons.